The van der Waals surface area contributed by atoms with Crippen molar-refractivity contribution in [2.24, 2.45) is 0 Å². The van der Waals surface area contributed by atoms with Gasteiger partial charge in [-0.25, -0.2) is 4.98 Å². The third kappa shape index (κ3) is 4.93. The first kappa shape index (κ1) is 12.2. The topological polar surface area (TPSA) is 28.2 Å². The summed E-state index contributed by atoms with van der Waals surface area (Å²) in [5.74, 6) is 2.55. The monoisotopic (exact) mass is 223 g/mol. The Morgan fingerprint density at radius 2 is 2.47 bits per heavy atom. The van der Waals surface area contributed by atoms with Gasteiger partial charge >= 0.3 is 0 Å². The zero-order valence-electron chi connectivity index (χ0n) is 9.29. The quantitative estimate of drug-likeness (QED) is 0.578. The van der Waals surface area contributed by atoms with Crippen molar-refractivity contribution >= 4 is 11.3 Å². The average Bonchev–Trinajstić information content (AvgIpc) is 2.59. The predicted molar refractivity (Wildman–Crippen MR) is 64.9 cm³/mol. The lowest BCUT2D eigenvalue weighted by atomic mass is 10.4. The normalized spacial score (nSPS) is 10.5. The minimum Gasteiger partial charge on any atom is -0.305 e. The van der Waals surface area contributed by atoms with Gasteiger partial charge in [0, 0.05) is 25.0 Å². The summed E-state index contributed by atoms with van der Waals surface area (Å²) >= 11 is 1.70. The molecule has 1 aromatic rings. The lowest BCUT2D eigenvalue weighted by Crippen LogP contribution is -2.29. The van der Waals surface area contributed by atoms with E-state index in [1.54, 1.807) is 11.3 Å². The molecule has 0 atom stereocenters. The van der Waals surface area contributed by atoms with Gasteiger partial charge in [-0.3, -0.25) is 4.90 Å². The van der Waals surface area contributed by atoms with Crippen molar-refractivity contribution in [1.82, 2.24) is 15.2 Å². The Hall–Kier alpha value is -0.890. The molecule has 0 aliphatic carbocycles. The van der Waals surface area contributed by atoms with Crippen LogP contribution in [0.4, 0.5) is 0 Å². The lowest BCUT2D eigenvalue weighted by molar-refractivity contribution is 0.323. The van der Waals surface area contributed by atoms with Gasteiger partial charge in [-0.1, -0.05) is 5.92 Å². The second-order valence-electron chi connectivity index (χ2n) is 3.48. The third-order valence-corrected chi connectivity index (χ3v) is 2.82. The molecule has 1 N–H and O–H groups in total. The van der Waals surface area contributed by atoms with Crippen molar-refractivity contribution in [3.05, 3.63) is 16.1 Å². The molecule has 0 bridgehead atoms. The third-order valence-electron chi connectivity index (χ3n) is 2.00. The molecule has 0 aliphatic rings. The van der Waals surface area contributed by atoms with Crippen LogP contribution < -0.4 is 5.32 Å². The van der Waals surface area contributed by atoms with Gasteiger partial charge in [0.05, 0.1) is 17.2 Å². The van der Waals surface area contributed by atoms with E-state index >= 15 is 0 Å². The first-order chi connectivity index (χ1) is 7.22. The van der Waals surface area contributed by atoms with Crippen molar-refractivity contribution in [2.45, 2.75) is 13.5 Å². The van der Waals surface area contributed by atoms with Gasteiger partial charge in [0.1, 0.15) is 0 Å². The Morgan fingerprint density at radius 3 is 3.07 bits per heavy atom. The van der Waals surface area contributed by atoms with Gasteiger partial charge in [0.15, 0.2) is 0 Å². The minimum atomic E-state index is 0.643. The zero-order valence-corrected chi connectivity index (χ0v) is 10.1. The summed E-state index contributed by atoms with van der Waals surface area (Å²) in [4.78, 5) is 6.65. The second kappa shape index (κ2) is 6.57. The van der Waals surface area contributed by atoms with Crippen LogP contribution in [0.2, 0.25) is 0 Å². The SMILES string of the molecule is C#CCNCCN(C)Cc1csc(C)n1. The molecule has 0 saturated heterocycles. The Kier molecular flexibility index (Phi) is 5.33. The van der Waals surface area contributed by atoms with E-state index in [1.165, 1.54) is 0 Å². The van der Waals surface area contributed by atoms with Crippen LogP contribution in [0.3, 0.4) is 0 Å². The van der Waals surface area contributed by atoms with Gasteiger partial charge in [0.2, 0.25) is 0 Å². The molecular formula is C11H17N3S. The molecule has 0 aliphatic heterocycles. The van der Waals surface area contributed by atoms with Gasteiger partial charge in [-0.15, -0.1) is 17.8 Å². The van der Waals surface area contributed by atoms with Crippen molar-refractivity contribution < 1.29 is 0 Å². The molecule has 1 rings (SSSR count). The van der Waals surface area contributed by atoms with Crippen LogP contribution >= 0.6 is 11.3 Å². The number of nitrogens with one attached hydrogen (secondary N) is 1. The minimum absolute atomic E-state index is 0.643. The molecule has 4 heteroatoms. The Bertz CT molecular complexity index is 327. The fourth-order valence-electron chi connectivity index (χ4n) is 1.27. The number of aryl methyl sites for hydroxylation is 1. The van der Waals surface area contributed by atoms with Crippen LogP contribution in [0.5, 0.6) is 0 Å². The van der Waals surface area contributed by atoms with Crippen LogP contribution in [0.1, 0.15) is 10.7 Å². The van der Waals surface area contributed by atoms with Crippen LogP contribution in [-0.2, 0) is 6.54 Å². The molecule has 1 heterocycles. The molecule has 3 nitrogen and oxygen atoms in total. The highest BCUT2D eigenvalue weighted by Crippen LogP contribution is 2.09. The largest absolute Gasteiger partial charge is 0.305 e. The summed E-state index contributed by atoms with van der Waals surface area (Å²) in [6.07, 6.45) is 5.14. The number of hydrogen-bond acceptors (Lipinski definition) is 4. The Morgan fingerprint density at radius 1 is 1.67 bits per heavy atom. The molecular weight excluding hydrogens is 206 g/mol. The van der Waals surface area contributed by atoms with Crippen LogP contribution in [0, 0.1) is 19.3 Å². The Labute approximate surface area is 95.5 Å². The van der Waals surface area contributed by atoms with E-state index in [-0.39, 0.29) is 0 Å². The summed E-state index contributed by atoms with van der Waals surface area (Å²) < 4.78 is 0. The van der Waals surface area contributed by atoms with E-state index in [9.17, 15) is 0 Å². The maximum absolute atomic E-state index is 5.14. The fourth-order valence-corrected chi connectivity index (χ4v) is 1.87. The lowest BCUT2D eigenvalue weighted by Gasteiger charge is -2.14. The summed E-state index contributed by atoms with van der Waals surface area (Å²) in [5.41, 5.74) is 1.15. The molecule has 15 heavy (non-hydrogen) atoms. The van der Waals surface area contributed by atoms with Gasteiger partial charge in [-0.05, 0) is 14.0 Å². The summed E-state index contributed by atoms with van der Waals surface area (Å²) in [7, 11) is 2.09. The van der Waals surface area contributed by atoms with Crippen molar-refractivity contribution in [2.75, 3.05) is 26.7 Å². The number of likely N-dealkylation sites (N-methyl/N-ethyl adjacent to an activating group) is 1. The molecule has 0 aromatic carbocycles. The number of rotatable bonds is 6. The number of terminal acetylenes is 1. The first-order valence-electron chi connectivity index (χ1n) is 4.96. The van der Waals surface area contributed by atoms with Crippen LogP contribution in [0.15, 0.2) is 5.38 Å². The summed E-state index contributed by atoms with van der Waals surface area (Å²) in [6, 6.07) is 0. The standard InChI is InChI=1S/C11H17N3S/c1-4-5-12-6-7-14(3)8-11-9-15-10(2)13-11/h1,9,12H,5-8H2,2-3H3. The van der Waals surface area contributed by atoms with Crippen molar-refractivity contribution in [3.8, 4) is 12.3 Å². The smallest absolute Gasteiger partial charge is 0.0897 e. The summed E-state index contributed by atoms with van der Waals surface area (Å²) in [5, 5.41) is 6.40. The van der Waals surface area contributed by atoms with E-state index in [2.05, 4.69) is 33.5 Å². The maximum atomic E-state index is 5.14. The molecule has 1 aromatic heterocycles. The average molecular weight is 223 g/mol. The van der Waals surface area contributed by atoms with E-state index in [1.807, 2.05) is 6.92 Å². The Balaban J connectivity index is 2.19. The van der Waals surface area contributed by atoms with E-state index in [0.29, 0.717) is 6.54 Å². The number of hydrogen-bond donors (Lipinski definition) is 1. The highest BCUT2D eigenvalue weighted by Gasteiger charge is 2.02. The molecule has 0 amide bonds. The van der Waals surface area contributed by atoms with Crippen LogP contribution in [0.25, 0.3) is 0 Å². The number of nitrogens with zero attached hydrogens (tertiary/aromatic N) is 2. The molecule has 0 radical (unpaired) electrons. The van der Waals surface area contributed by atoms with E-state index in [0.717, 1.165) is 30.3 Å². The van der Waals surface area contributed by atoms with Crippen molar-refractivity contribution in [1.29, 1.82) is 0 Å². The predicted octanol–water partition coefficient (Wildman–Crippen LogP) is 1.11. The van der Waals surface area contributed by atoms with Gasteiger partial charge in [0.25, 0.3) is 0 Å². The summed E-state index contributed by atoms with van der Waals surface area (Å²) in [6.45, 7) is 5.48. The highest BCUT2D eigenvalue weighted by molar-refractivity contribution is 7.09. The second-order valence-corrected chi connectivity index (χ2v) is 4.54. The van der Waals surface area contributed by atoms with Gasteiger partial charge < -0.3 is 5.32 Å². The van der Waals surface area contributed by atoms with E-state index < -0.39 is 0 Å². The first-order valence-corrected chi connectivity index (χ1v) is 5.84. The molecule has 0 unspecified atom stereocenters. The fraction of sp³-hybridized carbons (Fsp3) is 0.545. The maximum Gasteiger partial charge on any atom is 0.0897 e. The molecule has 0 saturated carbocycles. The molecule has 82 valence electrons. The van der Waals surface area contributed by atoms with E-state index in [4.69, 9.17) is 6.42 Å². The molecule has 0 spiro atoms. The number of thiazole rings is 1. The zero-order chi connectivity index (χ0) is 11.1. The van der Waals surface area contributed by atoms with Crippen LogP contribution in [-0.4, -0.2) is 36.6 Å². The highest BCUT2D eigenvalue weighted by atomic mass is 32.1. The van der Waals surface area contributed by atoms with Crippen molar-refractivity contribution in [3.63, 3.8) is 0 Å². The van der Waals surface area contributed by atoms with Gasteiger partial charge in [-0.2, -0.15) is 0 Å². The number of aromatic nitrogens is 1. The molecule has 0 fully saturated rings.